The summed E-state index contributed by atoms with van der Waals surface area (Å²) >= 11 is 24.3. The molecule has 6 aromatic carbocycles. The molecule has 16 heteroatoms. The maximum Gasteiger partial charge on any atom is 0.326 e. The molecule has 0 fully saturated rings. The number of nitrogens with one attached hydrogen (secondary N) is 2. The quantitative estimate of drug-likeness (QED) is 0.0624. The summed E-state index contributed by atoms with van der Waals surface area (Å²) in [5, 5.41) is 32.4. The van der Waals surface area contributed by atoms with Crippen molar-refractivity contribution in [3.8, 4) is 0 Å². The molecule has 0 spiro atoms. The van der Waals surface area contributed by atoms with E-state index < -0.39 is 24.0 Å². The van der Waals surface area contributed by atoms with Gasteiger partial charge in [0.15, 0.2) is 0 Å². The van der Waals surface area contributed by atoms with Gasteiger partial charge in [0.2, 0.25) is 17.8 Å². The van der Waals surface area contributed by atoms with Crippen LogP contribution in [0.15, 0.2) is 178 Å². The summed E-state index contributed by atoms with van der Waals surface area (Å²) in [5.41, 5.74) is 13.6. The number of hydrogen-bond donors (Lipinski definition) is 4. The second kappa shape index (κ2) is 25.1. The molecule has 12 nitrogen and oxygen atoms in total. The first kappa shape index (κ1) is 53.1. The Bertz CT molecular complexity index is 2680. The van der Waals surface area contributed by atoms with Gasteiger partial charge in [-0.05, 0) is 93.7 Å². The number of halogens is 4. The lowest BCUT2D eigenvalue weighted by molar-refractivity contribution is -0.140. The van der Waals surface area contributed by atoms with Crippen molar-refractivity contribution in [3.63, 3.8) is 0 Å². The average molecular weight is 1050 g/mol. The van der Waals surface area contributed by atoms with E-state index in [1.165, 1.54) is 0 Å². The minimum atomic E-state index is -0.940. The molecular weight excluding hydrogens is 988 g/mol. The molecule has 4 atom stereocenters. The topological polar surface area (TPSA) is 160 Å². The molecule has 0 aliphatic carbocycles. The maximum absolute atomic E-state index is 12.2. The predicted molar refractivity (Wildman–Crippen MR) is 293 cm³/mol. The summed E-state index contributed by atoms with van der Waals surface area (Å²) in [6.45, 7) is 9.42. The zero-order valence-electron chi connectivity index (χ0n) is 40.3. The number of guanidine groups is 2. The van der Waals surface area contributed by atoms with Crippen LogP contribution in [0.25, 0.3) is 0 Å². The number of carboxylic acids is 1. The zero-order valence-corrected chi connectivity index (χ0v) is 43.4. The highest BCUT2D eigenvalue weighted by Gasteiger charge is 2.35. The molecule has 0 saturated heterocycles. The lowest BCUT2D eigenvalue weighted by atomic mass is 9.91. The Labute approximate surface area is 441 Å². The van der Waals surface area contributed by atoms with Gasteiger partial charge in [0.1, 0.15) is 12.1 Å². The number of hydrazone groups is 2. The summed E-state index contributed by atoms with van der Waals surface area (Å²) in [6, 6.07) is 49.2. The van der Waals surface area contributed by atoms with E-state index in [1.54, 1.807) is 5.01 Å². The van der Waals surface area contributed by atoms with E-state index >= 15 is 0 Å². The van der Waals surface area contributed by atoms with Crippen molar-refractivity contribution >= 4 is 81.6 Å². The van der Waals surface area contributed by atoms with E-state index in [9.17, 15) is 14.7 Å². The van der Waals surface area contributed by atoms with Gasteiger partial charge < -0.3 is 21.5 Å². The number of rotatable bonds is 14. The van der Waals surface area contributed by atoms with Gasteiger partial charge >= 0.3 is 5.97 Å². The van der Waals surface area contributed by atoms with Crippen LogP contribution in [0.2, 0.25) is 20.1 Å². The fourth-order valence-electron chi connectivity index (χ4n) is 8.20. The van der Waals surface area contributed by atoms with Gasteiger partial charge in [0.05, 0.1) is 37.6 Å². The first-order valence-corrected chi connectivity index (χ1v) is 25.1. The van der Waals surface area contributed by atoms with Gasteiger partial charge in [0.25, 0.3) is 0 Å². The maximum atomic E-state index is 12.2. The van der Waals surface area contributed by atoms with Crippen LogP contribution in [0.1, 0.15) is 72.9 Å². The van der Waals surface area contributed by atoms with Crippen LogP contribution in [0.3, 0.4) is 0 Å². The third-order valence-electron chi connectivity index (χ3n) is 12.1. The smallest absolute Gasteiger partial charge is 0.326 e. The van der Waals surface area contributed by atoms with Crippen molar-refractivity contribution in [3.05, 3.63) is 211 Å². The number of benzene rings is 6. The number of primary amides is 1. The third kappa shape index (κ3) is 14.3. The Morgan fingerprint density at radius 2 is 0.889 bits per heavy atom. The summed E-state index contributed by atoms with van der Waals surface area (Å²) < 4.78 is 0. The van der Waals surface area contributed by atoms with Crippen LogP contribution in [0, 0.1) is 11.8 Å². The van der Waals surface area contributed by atoms with Crippen molar-refractivity contribution in [2.75, 3.05) is 13.1 Å². The molecule has 72 heavy (non-hydrogen) atoms. The normalized spacial score (nSPS) is 16.7. The Balaban J connectivity index is 0.000000211. The predicted octanol–water partition coefficient (Wildman–Crippen LogP) is 11.5. The van der Waals surface area contributed by atoms with Crippen molar-refractivity contribution in [1.29, 1.82) is 0 Å². The van der Waals surface area contributed by atoms with Gasteiger partial charge in [-0.2, -0.15) is 10.2 Å². The molecule has 0 aromatic heterocycles. The molecule has 0 bridgehead atoms. The van der Waals surface area contributed by atoms with E-state index in [0.717, 1.165) is 44.8 Å². The number of hydrogen-bond acceptors (Lipinski definition) is 6. The lowest BCUT2D eigenvalue weighted by Gasteiger charge is -2.25. The van der Waals surface area contributed by atoms with Crippen LogP contribution in [0.5, 0.6) is 0 Å². The highest BCUT2D eigenvalue weighted by Crippen LogP contribution is 2.32. The SMILES string of the molecule is CC(C)C(NC(=NCc1ccc(Cl)cc1)N1CC(c2ccccc2)C(c2ccc(Cl)cc2)=N1)C(=O)O.CC(C)C(NC(=NCc1ccc(Cl)cc1)N1CC(c2ccccc2)C(c2ccc(Cl)cc2)=N1)C(N)=O. The largest absolute Gasteiger partial charge is 0.480 e. The molecular formula is C56H57Cl4N9O3. The molecule has 5 N–H and O–H groups in total. The van der Waals surface area contributed by atoms with E-state index in [4.69, 9.17) is 72.3 Å². The van der Waals surface area contributed by atoms with Crippen LogP contribution < -0.4 is 16.4 Å². The lowest BCUT2D eigenvalue weighted by Crippen LogP contribution is -2.51. The van der Waals surface area contributed by atoms with Gasteiger partial charge in [0, 0.05) is 31.9 Å². The number of carbonyl (C=O) groups is 2. The van der Waals surface area contributed by atoms with Crippen LogP contribution >= 0.6 is 46.4 Å². The molecule has 372 valence electrons. The molecule has 1 amide bonds. The number of carboxylic acid groups (broad SMARTS) is 1. The Kier molecular flexibility index (Phi) is 18.5. The number of aliphatic imine (C=N–C) groups is 2. The van der Waals surface area contributed by atoms with E-state index in [1.807, 2.05) is 166 Å². The van der Waals surface area contributed by atoms with E-state index in [2.05, 4.69) is 34.9 Å². The molecule has 2 heterocycles. The highest BCUT2D eigenvalue weighted by molar-refractivity contribution is 6.31. The molecule has 2 aliphatic heterocycles. The molecule has 4 unspecified atom stereocenters. The number of nitrogens with two attached hydrogens (primary N) is 1. The first-order valence-electron chi connectivity index (χ1n) is 23.6. The Morgan fingerprint density at radius 1 is 0.556 bits per heavy atom. The second-order valence-electron chi connectivity index (χ2n) is 18.1. The Morgan fingerprint density at radius 3 is 1.21 bits per heavy atom. The second-order valence-corrected chi connectivity index (χ2v) is 19.8. The standard InChI is InChI=1S/C28H29Cl2N5O.C28H28Cl2N4O2/c1-18(2)25(27(31)36)33-28(32-16-19-8-12-22(29)13-9-19)35-17-24(20-6-4-3-5-7-20)26(34-35)21-10-14-23(30)15-11-21;1-18(2)25(27(35)36)32-28(31-16-19-8-12-22(29)13-9-19)34-17-24(20-6-4-3-5-7-20)26(33-34)21-10-14-23(30)15-11-21/h3-15,18,24-25H,16-17H2,1-2H3,(H2,31,36)(H,32,33);3-15,18,24-25H,16-17H2,1-2H3,(H,31,32)(H,35,36). The van der Waals surface area contributed by atoms with E-state index in [-0.39, 0.29) is 23.7 Å². The number of amides is 1. The van der Waals surface area contributed by atoms with Gasteiger partial charge in [-0.25, -0.2) is 24.8 Å². The average Bonchev–Trinajstić information content (AvgIpc) is 4.02. The van der Waals surface area contributed by atoms with Crippen LogP contribution in [0.4, 0.5) is 0 Å². The van der Waals surface area contributed by atoms with Crippen molar-refractivity contribution in [1.82, 2.24) is 20.7 Å². The monoisotopic (exact) mass is 1040 g/mol. The minimum Gasteiger partial charge on any atom is -0.480 e. The van der Waals surface area contributed by atoms with E-state index in [0.29, 0.717) is 58.2 Å². The molecule has 8 rings (SSSR count). The fourth-order valence-corrected chi connectivity index (χ4v) is 8.70. The zero-order chi connectivity index (χ0) is 51.3. The molecule has 0 radical (unpaired) electrons. The summed E-state index contributed by atoms with van der Waals surface area (Å²) in [5.74, 6) is -0.692. The van der Waals surface area contributed by atoms with Gasteiger partial charge in [-0.1, -0.05) is 183 Å². The van der Waals surface area contributed by atoms with Gasteiger partial charge in [-0.3, -0.25) is 4.79 Å². The molecule has 2 aliphatic rings. The minimum absolute atomic E-state index is 0.000912. The summed E-state index contributed by atoms with van der Waals surface area (Å²) in [4.78, 5) is 33.8. The highest BCUT2D eigenvalue weighted by atomic mass is 35.5. The summed E-state index contributed by atoms with van der Waals surface area (Å²) in [6.07, 6.45) is 0. The van der Waals surface area contributed by atoms with Crippen molar-refractivity contribution < 1.29 is 14.7 Å². The fraction of sp³-hybridized carbons (Fsp3) is 0.250. The Hall–Kier alpha value is -6.70. The van der Waals surface area contributed by atoms with Gasteiger partial charge in [-0.15, -0.1) is 0 Å². The number of aliphatic carboxylic acids is 1. The first-order chi connectivity index (χ1) is 34.6. The number of nitrogens with zero attached hydrogens (tertiary/aromatic N) is 6. The number of carbonyl (C=O) groups excluding carboxylic acids is 1. The van der Waals surface area contributed by atoms with Crippen molar-refractivity contribution in [2.45, 2.75) is 64.7 Å². The summed E-state index contributed by atoms with van der Waals surface area (Å²) in [7, 11) is 0. The molecule has 6 aromatic rings. The van der Waals surface area contributed by atoms with Crippen molar-refractivity contribution in [2.24, 2.45) is 37.8 Å². The molecule has 0 saturated carbocycles. The van der Waals surface area contributed by atoms with Crippen LogP contribution in [-0.2, 0) is 22.7 Å². The van der Waals surface area contributed by atoms with Crippen LogP contribution in [-0.4, -0.2) is 75.5 Å². The third-order valence-corrected chi connectivity index (χ3v) is 13.1.